The Balaban J connectivity index is 1.50. The molecule has 0 N–H and O–H groups in total. The minimum absolute atomic E-state index is 0.0240. The number of nitrogens with zero attached hydrogens (tertiary/aromatic N) is 2. The van der Waals surface area contributed by atoms with E-state index in [1.165, 1.54) is 18.2 Å². The molecule has 1 aliphatic rings. The van der Waals surface area contributed by atoms with E-state index in [0.29, 0.717) is 31.7 Å². The lowest BCUT2D eigenvalue weighted by Crippen LogP contribution is -2.51. The number of hydrogen-bond acceptors (Lipinski definition) is 2. The Bertz CT molecular complexity index is 785. The molecule has 1 fully saturated rings. The molecular formula is C20H20F2N2O2. The summed E-state index contributed by atoms with van der Waals surface area (Å²) in [5.74, 6) is -0.893. The Labute approximate surface area is 151 Å². The van der Waals surface area contributed by atoms with Gasteiger partial charge < -0.3 is 9.80 Å². The SMILES string of the molecule is O=C(Cc1ccc(F)cc1)N1CCN(C(=O)Cc2ccccc2F)CC1. The largest absolute Gasteiger partial charge is 0.339 e. The third-order valence-corrected chi connectivity index (χ3v) is 4.55. The summed E-state index contributed by atoms with van der Waals surface area (Å²) in [5, 5.41) is 0. The van der Waals surface area contributed by atoms with Gasteiger partial charge in [0.15, 0.2) is 0 Å². The summed E-state index contributed by atoms with van der Waals surface area (Å²) in [4.78, 5) is 28.0. The Morgan fingerprint density at radius 1 is 0.769 bits per heavy atom. The first kappa shape index (κ1) is 18.0. The lowest BCUT2D eigenvalue weighted by atomic mass is 10.1. The van der Waals surface area contributed by atoms with Crippen molar-refractivity contribution in [1.29, 1.82) is 0 Å². The van der Waals surface area contributed by atoms with E-state index in [2.05, 4.69) is 0 Å². The fraction of sp³-hybridized carbons (Fsp3) is 0.300. The van der Waals surface area contributed by atoms with E-state index in [4.69, 9.17) is 0 Å². The highest BCUT2D eigenvalue weighted by molar-refractivity contribution is 5.81. The second-order valence-electron chi connectivity index (χ2n) is 6.33. The molecule has 2 aromatic rings. The maximum Gasteiger partial charge on any atom is 0.227 e. The molecule has 2 aromatic carbocycles. The molecule has 2 amide bonds. The van der Waals surface area contributed by atoms with E-state index in [9.17, 15) is 18.4 Å². The molecule has 6 heteroatoms. The van der Waals surface area contributed by atoms with Crippen molar-refractivity contribution in [3.05, 3.63) is 71.3 Å². The zero-order valence-electron chi connectivity index (χ0n) is 14.3. The van der Waals surface area contributed by atoms with Gasteiger partial charge in [-0.3, -0.25) is 9.59 Å². The number of carbonyl (C=O) groups is 2. The predicted molar refractivity (Wildman–Crippen MR) is 93.4 cm³/mol. The van der Waals surface area contributed by atoms with Crippen molar-refractivity contribution in [1.82, 2.24) is 9.80 Å². The molecule has 0 bridgehead atoms. The van der Waals surface area contributed by atoms with E-state index in [1.807, 2.05) is 0 Å². The molecule has 0 unspecified atom stereocenters. The van der Waals surface area contributed by atoms with Crippen LogP contribution in [-0.4, -0.2) is 47.8 Å². The van der Waals surface area contributed by atoms with Gasteiger partial charge in [-0.2, -0.15) is 0 Å². The maximum absolute atomic E-state index is 13.7. The van der Waals surface area contributed by atoms with Gasteiger partial charge >= 0.3 is 0 Å². The molecule has 1 heterocycles. The fourth-order valence-electron chi connectivity index (χ4n) is 3.01. The average molecular weight is 358 g/mol. The molecule has 0 spiro atoms. The van der Waals surface area contributed by atoms with Gasteiger partial charge in [0.1, 0.15) is 11.6 Å². The van der Waals surface area contributed by atoms with Gasteiger partial charge in [-0.05, 0) is 29.3 Å². The number of hydrogen-bond donors (Lipinski definition) is 0. The van der Waals surface area contributed by atoms with E-state index in [-0.39, 0.29) is 36.3 Å². The highest BCUT2D eigenvalue weighted by atomic mass is 19.1. The monoisotopic (exact) mass is 358 g/mol. The van der Waals surface area contributed by atoms with Crippen LogP contribution in [0.4, 0.5) is 8.78 Å². The van der Waals surface area contributed by atoms with Crippen LogP contribution in [0, 0.1) is 11.6 Å². The number of benzene rings is 2. The van der Waals surface area contributed by atoms with E-state index in [1.54, 1.807) is 40.1 Å². The molecule has 0 aliphatic carbocycles. The van der Waals surface area contributed by atoms with Gasteiger partial charge in [0.05, 0.1) is 12.8 Å². The molecule has 0 radical (unpaired) electrons. The Hall–Kier alpha value is -2.76. The lowest BCUT2D eigenvalue weighted by Gasteiger charge is -2.35. The van der Waals surface area contributed by atoms with Crippen LogP contribution in [0.3, 0.4) is 0 Å². The number of halogens is 2. The third kappa shape index (κ3) is 4.45. The van der Waals surface area contributed by atoms with E-state index >= 15 is 0 Å². The fourth-order valence-corrected chi connectivity index (χ4v) is 3.01. The van der Waals surface area contributed by atoms with Gasteiger partial charge in [-0.1, -0.05) is 30.3 Å². The summed E-state index contributed by atoms with van der Waals surface area (Å²) in [7, 11) is 0. The zero-order valence-corrected chi connectivity index (χ0v) is 14.3. The quantitative estimate of drug-likeness (QED) is 0.842. The van der Waals surface area contributed by atoms with Crippen LogP contribution in [0.5, 0.6) is 0 Å². The zero-order chi connectivity index (χ0) is 18.5. The van der Waals surface area contributed by atoms with Gasteiger partial charge in [0.2, 0.25) is 11.8 Å². The third-order valence-electron chi connectivity index (χ3n) is 4.55. The standard InChI is InChI=1S/C20H20F2N2O2/c21-17-7-5-15(6-8-17)13-19(25)23-9-11-24(12-10-23)20(26)14-16-3-1-2-4-18(16)22/h1-8H,9-14H2. The summed E-state index contributed by atoms with van der Waals surface area (Å²) in [6, 6.07) is 12.1. The van der Waals surface area contributed by atoms with E-state index in [0.717, 1.165) is 5.56 Å². The maximum atomic E-state index is 13.7. The first-order valence-corrected chi connectivity index (χ1v) is 8.56. The first-order valence-electron chi connectivity index (χ1n) is 8.56. The molecule has 3 rings (SSSR count). The lowest BCUT2D eigenvalue weighted by molar-refractivity contribution is -0.138. The first-order chi connectivity index (χ1) is 12.5. The predicted octanol–water partition coefficient (Wildman–Crippen LogP) is 2.42. The summed E-state index contributed by atoms with van der Waals surface area (Å²) in [5.41, 5.74) is 1.14. The minimum atomic E-state index is -0.381. The van der Waals surface area contributed by atoms with Crippen molar-refractivity contribution in [2.75, 3.05) is 26.2 Å². The van der Waals surface area contributed by atoms with Crippen molar-refractivity contribution in [2.24, 2.45) is 0 Å². The second kappa shape index (κ2) is 8.08. The molecule has 0 aromatic heterocycles. The Morgan fingerprint density at radius 3 is 1.88 bits per heavy atom. The molecule has 0 atom stereocenters. The topological polar surface area (TPSA) is 40.6 Å². The van der Waals surface area contributed by atoms with Crippen LogP contribution < -0.4 is 0 Å². The number of amides is 2. The van der Waals surface area contributed by atoms with Crippen LogP contribution in [0.1, 0.15) is 11.1 Å². The minimum Gasteiger partial charge on any atom is -0.339 e. The molecule has 0 saturated carbocycles. The number of rotatable bonds is 4. The molecule has 136 valence electrons. The number of piperazine rings is 1. The molecular weight excluding hydrogens is 338 g/mol. The Kier molecular flexibility index (Phi) is 5.61. The van der Waals surface area contributed by atoms with Gasteiger partial charge in [-0.15, -0.1) is 0 Å². The van der Waals surface area contributed by atoms with E-state index < -0.39 is 0 Å². The molecule has 1 saturated heterocycles. The highest BCUT2D eigenvalue weighted by Gasteiger charge is 2.24. The second-order valence-corrected chi connectivity index (χ2v) is 6.33. The van der Waals surface area contributed by atoms with Crippen LogP contribution in [0.25, 0.3) is 0 Å². The Morgan fingerprint density at radius 2 is 1.31 bits per heavy atom. The van der Waals surface area contributed by atoms with Crippen LogP contribution in [-0.2, 0) is 22.4 Å². The average Bonchev–Trinajstić information content (AvgIpc) is 2.65. The van der Waals surface area contributed by atoms with Crippen LogP contribution >= 0.6 is 0 Å². The van der Waals surface area contributed by atoms with Crippen molar-refractivity contribution in [2.45, 2.75) is 12.8 Å². The molecule has 4 nitrogen and oxygen atoms in total. The smallest absolute Gasteiger partial charge is 0.227 e. The van der Waals surface area contributed by atoms with Crippen LogP contribution in [0.2, 0.25) is 0 Å². The number of carbonyl (C=O) groups excluding carboxylic acids is 2. The summed E-state index contributed by atoms with van der Waals surface area (Å²) < 4.78 is 26.6. The normalized spacial score (nSPS) is 14.4. The van der Waals surface area contributed by atoms with Crippen molar-refractivity contribution in [3.63, 3.8) is 0 Å². The summed E-state index contributed by atoms with van der Waals surface area (Å²) >= 11 is 0. The molecule has 26 heavy (non-hydrogen) atoms. The highest BCUT2D eigenvalue weighted by Crippen LogP contribution is 2.12. The van der Waals surface area contributed by atoms with Gasteiger partial charge in [-0.25, -0.2) is 8.78 Å². The summed E-state index contributed by atoms with van der Waals surface area (Å²) in [6.07, 6.45) is 0.236. The van der Waals surface area contributed by atoms with Crippen molar-refractivity contribution < 1.29 is 18.4 Å². The van der Waals surface area contributed by atoms with Crippen molar-refractivity contribution in [3.8, 4) is 0 Å². The van der Waals surface area contributed by atoms with Gasteiger partial charge in [0, 0.05) is 26.2 Å². The van der Waals surface area contributed by atoms with Crippen LogP contribution in [0.15, 0.2) is 48.5 Å². The van der Waals surface area contributed by atoms with Gasteiger partial charge in [0.25, 0.3) is 0 Å². The molecule has 1 aliphatic heterocycles. The van der Waals surface area contributed by atoms with Crippen molar-refractivity contribution >= 4 is 11.8 Å². The summed E-state index contributed by atoms with van der Waals surface area (Å²) in [6.45, 7) is 1.76.